The normalized spacial score (nSPS) is 11.6. The zero-order valence-corrected chi connectivity index (χ0v) is 18.0. The highest BCUT2D eigenvalue weighted by Gasteiger charge is 2.27. The number of rotatable bonds is 8. The molecular weight excluding hydrogens is 394 g/mol. The highest BCUT2D eigenvalue weighted by Crippen LogP contribution is 2.21. The van der Waals surface area contributed by atoms with Crippen molar-refractivity contribution in [3.8, 4) is 5.75 Å². The number of H-pyrrole nitrogens is 1. The summed E-state index contributed by atoms with van der Waals surface area (Å²) in [4.78, 5) is 40.5. The number of aromatic nitrogens is 1. The van der Waals surface area contributed by atoms with Gasteiger partial charge < -0.3 is 14.5 Å². The summed E-state index contributed by atoms with van der Waals surface area (Å²) >= 11 is 0. The molecule has 0 aliphatic heterocycles. The molecule has 0 saturated heterocycles. The number of benzene rings is 2. The topological polar surface area (TPSA) is 85.5 Å². The predicted octanol–water partition coefficient (Wildman–Crippen LogP) is 4.84. The van der Waals surface area contributed by atoms with Crippen LogP contribution in [0.2, 0.25) is 0 Å². The first-order valence-electron chi connectivity index (χ1n) is 10.0. The van der Waals surface area contributed by atoms with Crippen molar-refractivity contribution in [2.45, 2.75) is 40.4 Å². The van der Waals surface area contributed by atoms with E-state index in [1.54, 1.807) is 32.0 Å². The number of aryl methyl sites for hydroxylation is 1. The molecule has 3 aromatic rings. The molecule has 160 valence electrons. The Kier molecular flexibility index (Phi) is 6.70. The molecule has 1 heterocycles. The van der Waals surface area contributed by atoms with Crippen molar-refractivity contribution in [3.63, 3.8) is 0 Å². The molecule has 2 aromatic carbocycles. The zero-order chi connectivity index (χ0) is 22.5. The molecule has 0 amide bonds. The zero-order valence-electron chi connectivity index (χ0n) is 18.0. The van der Waals surface area contributed by atoms with Crippen molar-refractivity contribution in [1.82, 2.24) is 4.98 Å². The number of Topliss-reactive ketones (excluding diaryl/α,β-unsaturated/α-hetero) is 2. The van der Waals surface area contributed by atoms with Gasteiger partial charge in [0.25, 0.3) is 0 Å². The summed E-state index contributed by atoms with van der Waals surface area (Å²) in [5, 5.41) is 0. The highest BCUT2D eigenvalue weighted by molar-refractivity contribution is 6.05. The van der Waals surface area contributed by atoms with Gasteiger partial charge in [-0.25, -0.2) is 4.79 Å². The van der Waals surface area contributed by atoms with Crippen LogP contribution in [0.1, 0.15) is 61.9 Å². The van der Waals surface area contributed by atoms with Crippen LogP contribution in [0.15, 0.2) is 54.6 Å². The third-order valence-corrected chi connectivity index (χ3v) is 5.06. The molecule has 0 saturated carbocycles. The SMILES string of the molecule is CC(=O)c1c(C)[nH]c(C(=O)[C@H](C)OC(=O)c2ccccc2COc2ccccc2)c1C. The van der Waals surface area contributed by atoms with Crippen LogP contribution < -0.4 is 4.74 Å². The maximum absolute atomic E-state index is 12.9. The number of carbonyl (C=O) groups excluding carboxylic acids is 3. The molecule has 0 aliphatic rings. The van der Waals surface area contributed by atoms with E-state index in [-0.39, 0.29) is 23.9 Å². The van der Waals surface area contributed by atoms with E-state index in [0.29, 0.717) is 33.7 Å². The summed E-state index contributed by atoms with van der Waals surface area (Å²) in [6.07, 6.45) is -1.02. The van der Waals surface area contributed by atoms with Gasteiger partial charge in [-0.3, -0.25) is 9.59 Å². The van der Waals surface area contributed by atoms with Gasteiger partial charge in [0.1, 0.15) is 12.4 Å². The molecule has 6 nitrogen and oxygen atoms in total. The average molecular weight is 419 g/mol. The third-order valence-electron chi connectivity index (χ3n) is 5.06. The molecule has 3 rings (SSSR count). The van der Waals surface area contributed by atoms with Crippen molar-refractivity contribution in [2.24, 2.45) is 0 Å². The lowest BCUT2D eigenvalue weighted by Crippen LogP contribution is -2.26. The largest absolute Gasteiger partial charge is 0.489 e. The Balaban J connectivity index is 1.74. The van der Waals surface area contributed by atoms with Gasteiger partial charge in [0.15, 0.2) is 11.9 Å². The highest BCUT2D eigenvalue weighted by atomic mass is 16.5. The minimum atomic E-state index is -1.02. The van der Waals surface area contributed by atoms with E-state index in [1.807, 2.05) is 36.4 Å². The quantitative estimate of drug-likeness (QED) is 0.417. The van der Waals surface area contributed by atoms with Crippen molar-refractivity contribution in [2.75, 3.05) is 0 Å². The van der Waals surface area contributed by atoms with Gasteiger partial charge in [-0.15, -0.1) is 0 Å². The van der Waals surface area contributed by atoms with Crippen LogP contribution in [0.3, 0.4) is 0 Å². The van der Waals surface area contributed by atoms with Crippen LogP contribution in [0.25, 0.3) is 0 Å². The first kappa shape index (κ1) is 22.0. The van der Waals surface area contributed by atoms with Gasteiger partial charge in [0.2, 0.25) is 5.78 Å². The molecule has 1 atom stereocenters. The summed E-state index contributed by atoms with van der Waals surface area (Å²) in [7, 11) is 0. The number of hydrogen-bond acceptors (Lipinski definition) is 5. The van der Waals surface area contributed by atoms with Crippen LogP contribution in [0.4, 0.5) is 0 Å². The summed E-state index contributed by atoms with van der Waals surface area (Å²) in [6, 6.07) is 16.2. The maximum atomic E-state index is 12.9. The standard InChI is InChI=1S/C25H25NO5/c1-15-22(17(3)27)16(2)26-23(15)24(28)18(4)31-25(29)21-13-9-8-10-19(21)14-30-20-11-6-5-7-12-20/h5-13,18,26H,14H2,1-4H3/t18-/m0/s1. The summed E-state index contributed by atoms with van der Waals surface area (Å²) in [5.41, 5.74) is 2.95. The number of ketones is 2. The second kappa shape index (κ2) is 9.43. The van der Waals surface area contributed by atoms with Crippen molar-refractivity contribution >= 4 is 17.5 Å². The molecular formula is C25H25NO5. The van der Waals surface area contributed by atoms with E-state index in [4.69, 9.17) is 9.47 Å². The fourth-order valence-corrected chi connectivity index (χ4v) is 3.53. The molecule has 31 heavy (non-hydrogen) atoms. The number of aromatic amines is 1. The lowest BCUT2D eigenvalue weighted by molar-refractivity contribution is 0.0314. The third kappa shape index (κ3) is 4.91. The average Bonchev–Trinajstić information content (AvgIpc) is 3.06. The lowest BCUT2D eigenvalue weighted by Gasteiger charge is -2.15. The van der Waals surface area contributed by atoms with E-state index in [9.17, 15) is 14.4 Å². The molecule has 6 heteroatoms. The lowest BCUT2D eigenvalue weighted by atomic mass is 10.0. The van der Waals surface area contributed by atoms with Crippen LogP contribution in [0.5, 0.6) is 5.75 Å². The van der Waals surface area contributed by atoms with Crippen molar-refractivity contribution < 1.29 is 23.9 Å². The van der Waals surface area contributed by atoms with E-state index < -0.39 is 12.1 Å². The number of hydrogen-bond donors (Lipinski definition) is 1. The maximum Gasteiger partial charge on any atom is 0.339 e. The fraction of sp³-hybridized carbons (Fsp3) is 0.240. The molecule has 0 radical (unpaired) electrons. The summed E-state index contributed by atoms with van der Waals surface area (Å²) in [5.74, 6) is -0.435. The molecule has 1 aromatic heterocycles. The number of carbonyl (C=O) groups is 3. The van der Waals surface area contributed by atoms with Crippen LogP contribution in [-0.2, 0) is 11.3 Å². The first-order chi connectivity index (χ1) is 14.8. The first-order valence-corrected chi connectivity index (χ1v) is 10.0. The Morgan fingerprint density at radius 2 is 1.61 bits per heavy atom. The number of ether oxygens (including phenoxy) is 2. The van der Waals surface area contributed by atoms with E-state index in [1.165, 1.54) is 13.8 Å². The van der Waals surface area contributed by atoms with Gasteiger partial charge in [-0.05, 0) is 51.5 Å². The summed E-state index contributed by atoms with van der Waals surface area (Å²) < 4.78 is 11.2. The van der Waals surface area contributed by atoms with E-state index in [2.05, 4.69) is 4.98 Å². The molecule has 1 N–H and O–H groups in total. The minimum Gasteiger partial charge on any atom is -0.489 e. The number of esters is 1. The Morgan fingerprint density at radius 3 is 2.26 bits per heavy atom. The minimum absolute atomic E-state index is 0.123. The smallest absolute Gasteiger partial charge is 0.339 e. The van der Waals surface area contributed by atoms with E-state index >= 15 is 0 Å². The molecule has 0 fully saturated rings. The van der Waals surface area contributed by atoms with Gasteiger partial charge in [-0.1, -0.05) is 36.4 Å². The fourth-order valence-electron chi connectivity index (χ4n) is 3.53. The molecule has 0 unspecified atom stereocenters. The predicted molar refractivity (Wildman–Crippen MR) is 117 cm³/mol. The monoisotopic (exact) mass is 419 g/mol. The summed E-state index contributed by atoms with van der Waals surface area (Å²) in [6.45, 7) is 6.61. The Labute approximate surface area is 181 Å². The molecule has 0 aliphatic carbocycles. The van der Waals surface area contributed by atoms with Gasteiger partial charge in [0.05, 0.1) is 11.3 Å². The van der Waals surface area contributed by atoms with Crippen LogP contribution in [-0.4, -0.2) is 28.6 Å². The number of nitrogens with one attached hydrogen (secondary N) is 1. The van der Waals surface area contributed by atoms with Crippen LogP contribution in [0, 0.1) is 13.8 Å². The Morgan fingerprint density at radius 1 is 0.968 bits per heavy atom. The Bertz CT molecular complexity index is 1110. The second-order valence-corrected chi connectivity index (χ2v) is 7.35. The molecule has 0 spiro atoms. The van der Waals surface area contributed by atoms with Gasteiger partial charge >= 0.3 is 5.97 Å². The second-order valence-electron chi connectivity index (χ2n) is 7.35. The van der Waals surface area contributed by atoms with Crippen molar-refractivity contribution in [3.05, 3.63) is 88.2 Å². The Hall–Kier alpha value is -3.67. The van der Waals surface area contributed by atoms with E-state index in [0.717, 1.165) is 0 Å². The number of para-hydroxylation sites is 1. The van der Waals surface area contributed by atoms with Crippen LogP contribution >= 0.6 is 0 Å². The van der Waals surface area contributed by atoms with Crippen molar-refractivity contribution in [1.29, 1.82) is 0 Å². The van der Waals surface area contributed by atoms with Gasteiger partial charge in [-0.2, -0.15) is 0 Å². The van der Waals surface area contributed by atoms with Gasteiger partial charge in [0, 0.05) is 16.8 Å². The molecule has 0 bridgehead atoms.